The maximum Gasteiger partial charge on any atom is 0.345 e. The Morgan fingerprint density at radius 2 is 2.00 bits per heavy atom. The van der Waals surface area contributed by atoms with Gasteiger partial charge >= 0.3 is 11.6 Å². The molecule has 1 spiro atoms. The van der Waals surface area contributed by atoms with Crippen molar-refractivity contribution in [2.75, 3.05) is 11.9 Å². The molecule has 0 fully saturated rings. The number of para-hydroxylation sites is 1. The molecule has 3 heterocycles. The summed E-state index contributed by atoms with van der Waals surface area (Å²) in [5.41, 5.74) is 3.84. The van der Waals surface area contributed by atoms with E-state index in [0.29, 0.717) is 16.1 Å². The lowest BCUT2D eigenvalue weighted by atomic mass is 9.68. The number of esters is 1. The van der Waals surface area contributed by atoms with E-state index in [1.165, 1.54) is 6.07 Å². The van der Waals surface area contributed by atoms with Gasteiger partial charge in [-0.05, 0) is 37.3 Å². The predicted molar refractivity (Wildman–Crippen MR) is 112 cm³/mol. The lowest BCUT2D eigenvalue weighted by molar-refractivity contribution is -0.140. The van der Waals surface area contributed by atoms with Gasteiger partial charge in [0.1, 0.15) is 22.1 Å². The van der Waals surface area contributed by atoms with E-state index < -0.39 is 22.9 Å². The summed E-state index contributed by atoms with van der Waals surface area (Å²) >= 11 is 6.22. The fourth-order valence-corrected chi connectivity index (χ4v) is 4.42. The van der Waals surface area contributed by atoms with E-state index in [-0.39, 0.29) is 40.5 Å². The molecule has 2 aromatic carbocycles. The Hall–Kier alpha value is -3.78. The van der Waals surface area contributed by atoms with Crippen molar-refractivity contribution in [1.82, 2.24) is 0 Å². The molecule has 2 aliphatic heterocycles. The van der Waals surface area contributed by atoms with Crippen LogP contribution in [0.15, 0.2) is 63.1 Å². The molecule has 8 nitrogen and oxygen atoms in total. The third-order valence-corrected chi connectivity index (χ3v) is 5.66. The summed E-state index contributed by atoms with van der Waals surface area (Å²) in [4.78, 5) is 39.8. The van der Waals surface area contributed by atoms with Crippen LogP contribution < -0.4 is 21.4 Å². The predicted octanol–water partition coefficient (Wildman–Crippen LogP) is 2.81. The van der Waals surface area contributed by atoms with Crippen molar-refractivity contribution in [1.29, 1.82) is 0 Å². The molecule has 1 atom stereocenters. The van der Waals surface area contributed by atoms with Gasteiger partial charge in [-0.25, -0.2) is 9.59 Å². The Kier molecular flexibility index (Phi) is 4.10. The van der Waals surface area contributed by atoms with Gasteiger partial charge < -0.3 is 24.9 Å². The number of carbonyl (C=O) groups excluding carboxylic acids is 2. The first-order valence-corrected chi connectivity index (χ1v) is 9.80. The Balaban J connectivity index is 1.98. The molecule has 0 bridgehead atoms. The van der Waals surface area contributed by atoms with Gasteiger partial charge in [-0.15, -0.1) is 0 Å². The summed E-state index contributed by atoms with van der Waals surface area (Å²) in [5, 5.41) is 3.44. The molecule has 3 aromatic rings. The minimum atomic E-state index is -1.95. The molecule has 0 saturated carbocycles. The van der Waals surface area contributed by atoms with Gasteiger partial charge in [0.2, 0.25) is 11.8 Å². The van der Waals surface area contributed by atoms with Crippen LogP contribution >= 0.6 is 11.6 Å². The largest absolute Gasteiger partial charge is 0.462 e. The Labute approximate surface area is 180 Å². The van der Waals surface area contributed by atoms with Crippen LogP contribution in [0.1, 0.15) is 18.1 Å². The van der Waals surface area contributed by atoms with Gasteiger partial charge in [-0.3, -0.25) is 4.79 Å². The molecule has 1 aromatic heterocycles. The van der Waals surface area contributed by atoms with Crippen LogP contribution in [-0.2, 0) is 19.7 Å². The molecule has 156 valence electrons. The highest BCUT2D eigenvalue weighted by Gasteiger charge is 2.61. The van der Waals surface area contributed by atoms with Crippen molar-refractivity contribution < 1.29 is 23.5 Å². The van der Waals surface area contributed by atoms with E-state index in [1.54, 1.807) is 43.3 Å². The third kappa shape index (κ3) is 2.45. The van der Waals surface area contributed by atoms with Crippen LogP contribution in [0.4, 0.5) is 5.69 Å². The van der Waals surface area contributed by atoms with Crippen LogP contribution in [0.3, 0.4) is 0 Å². The highest BCUT2D eigenvalue weighted by Crippen LogP contribution is 2.54. The molecule has 0 radical (unpaired) electrons. The van der Waals surface area contributed by atoms with Crippen LogP contribution in [0.25, 0.3) is 11.0 Å². The minimum absolute atomic E-state index is 0.0227. The fraction of sp³-hybridized carbons (Fsp3) is 0.136. The van der Waals surface area contributed by atoms with Gasteiger partial charge in [0, 0.05) is 16.3 Å². The molecule has 3 N–H and O–H groups in total. The maximum absolute atomic E-state index is 13.5. The monoisotopic (exact) mass is 438 g/mol. The number of amides is 1. The van der Waals surface area contributed by atoms with E-state index in [0.717, 1.165) is 0 Å². The standard InChI is InChI=1S/C22H15ClN2O6/c1-2-29-19(26)16-18(24)31-17-11-5-3-4-6-14(11)30-20(27)15(17)22(16)12-9-10(23)7-8-13(12)25-21(22)28/h3-9H,2,24H2,1H3,(H,25,28)/t22-/m1/s1. The average Bonchev–Trinajstić information content (AvgIpc) is 3.00. The van der Waals surface area contributed by atoms with Crippen LogP contribution in [0.5, 0.6) is 5.75 Å². The second-order valence-electron chi connectivity index (χ2n) is 7.05. The minimum Gasteiger partial charge on any atom is -0.462 e. The number of nitrogens with one attached hydrogen (secondary N) is 1. The lowest BCUT2D eigenvalue weighted by Crippen LogP contribution is -2.48. The van der Waals surface area contributed by atoms with Crippen molar-refractivity contribution in [3.05, 3.63) is 80.5 Å². The van der Waals surface area contributed by atoms with E-state index in [2.05, 4.69) is 5.32 Å². The number of anilines is 1. The van der Waals surface area contributed by atoms with Crippen molar-refractivity contribution in [3.8, 4) is 5.75 Å². The second-order valence-corrected chi connectivity index (χ2v) is 7.48. The van der Waals surface area contributed by atoms with Crippen molar-refractivity contribution in [2.24, 2.45) is 5.73 Å². The number of hydrogen-bond donors (Lipinski definition) is 2. The highest BCUT2D eigenvalue weighted by molar-refractivity contribution is 6.31. The van der Waals surface area contributed by atoms with Gasteiger partial charge in [-0.2, -0.15) is 0 Å². The van der Waals surface area contributed by atoms with E-state index >= 15 is 0 Å². The van der Waals surface area contributed by atoms with Gasteiger partial charge in [-0.1, -0.05) is 23.7 Å². The van der Waals surface area contributed by atoms with Crippen LogP contribution in [0.2, 0.25) is 5.02 Å². The Morgan fingerprint density at radius 1 is 1.23 bits per heavy atom. The summed E-state index contributed by atoms with van der Waals surface area (Å²) in [6, 6.07) is 11.3. The fourth-order valence-electron chi connectivity index (χ4n) is 4.25. The van der Waals surface area contributed by atoms with Gasteiger partial charge in [0.15, 0.2) is 5.75 Å². The molecule has 0 saturated heterocycles. The van der Waals surface area contributed by atoms with Crippen LogP contribution in [-0.4, -0.2) is 18.5 Å². The Morgan fingerprint density at radius 3 is 2.77 bits per heavy atom. The smallest absolute Gasteiger partial charge is 0.345 e. The van der Waals surface area contributed by atoms with E-state index in [4.69, 9.17) is 31.2 Å². The molecule has 2 aliphatic rings. The Bertz CT molecular complexity index is 1390. The first-order chi connectivity index (χ1) is 14.9. The zero-order valence-corrected chi connectivity index (χ0v) is 16.9. The van der Waals surface area contributed by atoms with E-state index in [1.807, 2.05) is 0 Å². The van der Waals surface area contributed by atoms with Crippen molar-refractivity contribution in [3.63, 3.8) is 0 Å². The molecular weight excluding hydrogens is 424 g/mol. The van der Waals surface area contributed by atoms with Crippen molar-refractivity contribution in [2.45, 2.75) is 12.3 Å². The quantitative estimate of drug-likeness (QED) is 0.466. The number of halogens is 1. The SMILES string of the molecule is CCOC(=O)C1=C(N)Oc2c(c(=O)oc3ccccc23)[C@@]12C(=O)Nc1ccc(Cl)cc12. The normalized spacial score (nSPS) is 19.1. The van der Waals surface area contributed by atoms with E-state index in [9.17, 15) is 14.4 Å². The number of carbonyl (C=O) groups is 2. The summed E-state index contributed by atoms with van der Waals surface area (Å²) in [6.07, 6.45) is 0. The molecule has 31 heavy (non-hydrogen) atoms. The summed E-state index contributed by atoms with van der Waals surface area (Å²) in [5.74, 6) is -1.85. The molecule has 0 aliphatic carbocycles. The molecule has 5 rings (SSSR count). The first kappa shape index (κ1) is 19.2. The number of fused-ring (bicyclic) bond motifs is 6. The van der Waals surface area contributed by atoms with Gasteiger partial charge in [0.05, 0.1) is 12.0 Å². The molecule has 1 amide bonds. The summed E-state index contributed by atoms with van der Waals surface area (Å²) in [7, 11) is 0. The molecule has 9 heteroatoms. The third-order valence-electron chi connectivity index (χ3n) is 5.43. The van der Waals surface area contributed by atoms with Gasteiger partial charge in [0.25, 0.3) is 0 Å². The average molecular weight is 439 g/mol. The molecule has 0 unspecified atom stereocenters. The lowest BCUT2D eigenvalue weighted by Gasteiger charge is -2.34. The zero-order valence-electron chi connectivity index (χ0n) is 16.2. The topological polar surface area (TPSA) is 121 Å². The number of ether oxygens (including phenoxy) is 2. The second kappa shape index (κ2) is 6.61. The summed E-state index contributed by atoms with van der Waals surface area (Å²) in [6.45, 7) is 1.63. The number of benzene rings is 2. The van der Waals surface area contributed by atoms with Crippen molar-refractivity contribution >= 4 is 40.1 Å². The summed E-state index contributed by atoms with van der Waals surface area (Å²) < 4.78 is 16.4. The number of nitrogens with two attached hydrogens (primary N) is 1. The first-order valence-electron chi connectivity index (χ1n) is 9.42. The number of rotatable bonds is 2. The molecular formula is C22H15ClN2O6. The maximum atomic E-state index is 13.5. The number of hydrogen-bond acceptors (Lipinski definition) is 7. The highest BCUT2D eigenvalue weighted by atomic mass is 35.5. The van der Waals surface area contributed by atoms with Crippen LogP contribution in [0, 0.1) is 0 Å². The zero-order chi connectivity index (χ0) is 21.9.